The van der Waals surface area contributed by atoms with Crippen LogP contribution in [0.3, 0.4) is 0 Å². The molecule has 0 spiro atoms. The van der Waals surface area contributed by atoms with E-state index in [-0.39, 0.29) is 11.1 Å². The maximum absolute atomic E-state index is 12.3. The molecule has 2 rings (SSSR count). The van der Waals surface area contributed by atoms with Gasteiger partial charge in [0.25, 0.3) is 5.56 Å². The van der Waals surface area contributed by atoms with E-state index in [2.05, 4.69) is 20.3 Å². The minimum atomic E-state index is -0.276. The Labute approximate surface area is 117 Å². The van der Waals surface area contributed by atoms with Crippen LogP contribution in [0.1, 0.15) is 32.3 Å². The number of hydrogen-bond acceptors (Lipinski definition) is 5. The first-order valence-electron chi connectivity index (χ1n) is 6.48. The summed E-state index contributed by atoms with van der Waals surface area (Å²) in [6, 6.07) is 1.81. The summed E-state index contributed by atoms with van der Waals surface area (Å²) < 4.78 is 1.66. The molecule has 106 valence electrons. The number of nitrogens with zero attached hydrogens (tertiary/aromatic N) is 4. The SMILES string of the molecule is Cc1nccc(CNc2nccn(C(C)(C)C)c2=O)n1. The molecular weight excluding hydrogens is 254 g/mol. The predicted molar refractivity (Wildman–Crippen MR) is 77.6 cm³/mol. The van der Waals surface area contributed by atoms with Crippen LogP contribution in [0.4, 0.5) is 5.82 Å². The molecule has 0 aliphatic rings. The Kier molecular flexibility index (Phi) is 3.83. The fourth-order valence-electron chi connectivity index (χ4n) is 1.84. The van der Waals surface area contributed by atoms with Gasteiger partial charge in [-0.15, -0.1) is 0 Å². The highest BCUT2D eigenvalue weighted by atomic mass is 16.1. The molecule has 0 aliphatic heterocycles. The molecule has 0 saturated heterocycles. The first-order chi connectivity index (χ1) is 9.38. The van der Waals surface area contributed by atoms with Crippen molar-refractivity contribution in [3.05, 3.63) is 46.5 Å². The van der Waals surface area contributed by atoms with Crippen molar-refractivity contribution in [3.63, 3.8) is 0 Å². The van der Waals surface area contributed by atoms with Crippen molar-refractivity contribution in [2.24, 2.45) is 0 Å². The van der Waals surface area contributed by atoms with Gasteiger partial charge in [0.1, 0.15) is 5.82 Å². The lowest BCUT2D eigenvalue weighted by Gasteiger charge is -2.22. The smallest absolute Gasteiger partial charge is 0.293 e. The van der Waals surface area contributed by atoms with Crippen LogP contribution in [0.15, 0.2) is 29.5 Å². The fourth-order valence-corrected chi connectivity index (χ4v) is 1.84. The zero-order valence-electron chi connectivity index (χ0n) is 12.2. The quantitative estimate of drug-likeness (QED) is 0.921. The van der Waals surface area contributed by atoms with Gasteiger partial charge in [0.05, 0.1) is 12.2 Å². The highest BCUT2D eigenvalue weighted by molar-refractivity contribution is 5.32. The third kappa shape index (κ3) is 3.20. The molecule has 0 fully saturated rings. The minimum Gasteiger partial charge on any atom is -0.360 e. The Balaban J connectivity index is 2.21. The van der Waals surface area contributed by atoms with E-state index in [1.165, 1.54) is 0 Å². The highest BCUT2D eigenvalue weighted by Crippen LogP contribution is 2.11. The van der Waals surface area contributed by atoms with E-state index in [1.54, 1.807) is 23.2 Å². The molecule has 0 bridgehead atoms. The number of anilines is 1. The summed E-state index contributed by atoms with van der Waals surface area (Å²) in [5.41, 5.74) is 0.415. The van der Waals surface area contributed by atoms with Crippen LogP contribution in [-0.2, 0) is 12.1 Å². The van der Waals surface area contributed by atoms with E-state index in [1.807, 2.05) is 33.8 Å². The lowest BCUT2D eigenvalue weighted by Crippen LogP contribution is -2.35. The van der Waals surface area contributed by atoms with Crippen molar-refractivity contribution >= 4 is 5.82 Å². The molecule has 0 amide bonds. The van der Waals surface area contributed by atoms with Crippen molar-refractivity contribution in [2.75, 3.05) is 5.32 Å². The van der Waals surface area contributed by atoms with Crippen LogP contribution >= 0.6 is 0 Å². The van der Waals surface area contributed by atoms with Crippen molar-refractivity contribution in [3.8, 4) is 0 Å². The Hall–Kier alpha value is -2.24. The summed E-state index contributed by atoms with van der Waals surface area (Å²) in [5.74, 6) is 1.04. The van der Waals surface area contributed by atoms with Gasteiger partial charge in [-0.2, -0.15) is 0 Å². The molecule has 0 unspecified atom stereocenters. The van der Waals surface area contributed by atoms with Crippen LogP contribution in [0.5, 0.6) is 0 Å². The second-order valence-corrected chi connectivity index (χ2v) is 5.57. The number of aryl methyl sites for hydroxylation is 1. The van der Waals surface area contributed by atoms with E-state index in [4.69, 9.17) is 0 Å². The molecule has 0 saturated carbocycles. The summed E-state index contributed by atoms with van der Waals surface area (Å²) in [6.07, 6.45) is 5.02. The van der Waals surface area contributed by atoms with Crippen LogP contribution in [-0.4, -0.2) is 19.5 Å². The molecule has 2 heterocycles. The predicted octanol–water partition coefficient (Wildman–Crippen LogP) is 1.71. The molecule has 6 heteroatoms. The summed E-state index contributed by atoms with van der Waals surface area (Å²) in [7, 11) is 0. The standard InChI is InChI=1S/C14H19N5O/c1-10-15-6-5-11(18-10)9-17-12-13(20)19(8-7-16-12)14(2,3)4/h5-8H,9H2,1-4H3,(H,16,17). The maximum Gasteiger partial charge on any atom is 0.293 e. The Morgan fingerprint density at radius 1 is 1.25 bits per heavy atom. The van der Waals surface area contributed by atoms with Crippen molar-refractivity contribution < 1.29 is 0 Å². The van der Waals surface area contributed by atoms with Gasteiger partial charge in [-0.05, 0) is 33.8 Å². The van der Waals surface area contributed by atoms with Crippen LogP contribution in [0.25, 0.3) is 0 Å². The van der Waals surface area contributed by atoms with E-state index in [0.717, 1.165) is 5.69 Å². The first-order valence-corrected chi connectivity index (χ1v) is 6.48. The number of nitrogens with one attached hydrogen (secondary N) is 1. The lowest BCUT2D eigenvalue weighted by molar-refractivity contribution is 0.383. The molecule has 0 radical (unpaired) electrons. The zero-order chi connectivity index (χ0) is 14.8. The maximum atomic E-state index is 12.3. The average molecular weight is 273 g/mol. The van der Waals surface area contributed by atoms with E-state index >= 15 is 0 Å². The monoisotopic (exact) mass is 273 g/mol. The second kappa shape index (κ2) is 5.40. The molecule has 20 heavy (non-hydrogen) atoms. The highest BCUT2D eigenvalue weighted by Gasteiger charge is 2.16. The van der Waals surface area contributed by atoms with Gasteiger partial charge in [0.2, 0.25) is 0 Å². The molecule has 2 aromatic rings. The van der Waals surface area contributed by atoms with Crippen LogP contribution in [0.2, 0.25) is 0 Å². The molecule has 1 N–H and O–H groups in total. The molecule has 0 aliphatic carbocycles. The molecule has 0 aromatic carbocycles. The van der Waals surface area contributed by atoms with Gasteiger partial charge in [-0.25, -0.2) is 15.0 Å². The zero-order valence-corrected chi connectivity index (χ0v) is 12.2. The Morgan fingerprint density at radius 2 is 2.00 bits per heavy atom. The van der Waals surface area contributed by atoms with E-state index < -0.39 is 0 Å². The summed E-state index contributed by atoms with van der Waals surface area (Å²) in [6.45, 7) is 8.21. The van der Waals surface area contributed by atoms with Gasteiger partial charge >= 0.3 is 0 Å². The first kappa shape index (κ1) is 14.2. The summed E-state index contributed by atoms with van der Waals surface area (Å²) >= 11 is 0. The third-order valence-corrected chi connectivity index (χ3v) is 2.83. The van der Waals surface area contributed by atoms with Gasteiger partial charge in [0, 0.05) is 24.1 Å². The normalized spacial score (nSPS) is 11.4. The Morgan fingerprint density at radius 3 is 2.65 bits per heavy atom. The lowest BCUT2D eigenvalue weighted by atomic mass is 10.1. The van der Waals surface area contributed by atoms with Gasteiger partial charge in [-0.1, -0.05) is 0 Å². The van der Waals surface area contributed by atoms with Crippen molar-refractivity contribution in [1.29, 1.82) is 0 Å². The second-order valence-electron chi connectivity index (χ2n) is 5.57. The number of hydrogen-bond donors (Lipinski definition) is 1. The van der Waals surface area contributed by atoms with Gasteiger partial charge in [-0.3, -0.25) is 4.79 Å². The topological polar surface area (TPSA) is 72.7 Å². The largest absolute Gasteiger partial charge is 0.360 e. The Bertz CT molecular complexity index is 657. The minimum absolute atomic E-state index is 0.134. The average Bonchev–Trinajstić information content (AvgIpc) is 2.36. The molecule has 2 aromatic heterocycles. The summed E-state index contributed by atoms with van der Waals surface area (Å²) in [5, 5.41) is 3.03. The number of rotatable bonds is 3. The fraction of sp³-hybridized carbons (Fsp3) is 0.429. The van der Waals surface area contributed by atoms with Gasteiger partial charge in [0.15, 0.2) is 5.82 Å². The van der Waals surface area contributed by atoms with Crippen LogP contribution < -0.4 is 10.9 Å². The van der Waals surface area contributed by atoms with E-state index in [0.29, 0.717) is 18.2 Å². The molecule has 0 atom stereocenters. The number of aromatic nitrogens is 4. The van der Waals surface area contributed by atoms with Crippen molar-refractivity contribution in [1.82, 2.24) is 19.5 Å². The van der Waals surface area contributed by atoms with E-state index in [9.17, 15) is 4.79 Å². The summed E-state index contributed by atoms with van der Waals surface area (Å²) in [4.78, 5) is 24.7. The van der Waals surface area contributed by atoms with Gasteiger partial charge < -0.3 is 9.88 Å². The van der Waals surface area contributed by atoms with Crippen molar-refractivity contribution in [2.45, 2.75) is 39.8 Å². The third-order valence-electron chi connectivity index (χ3n) is 2.83. The van der Waals surface area contributed by atoms with Crippen LogP contribution in [0, 0.1) is 6.92 Å². The molecule has 6 nitrogen and oxygen atoms in total. The molecular formula is C14H19N5O.